The van der Waals surface area contributed by atoms with Gasteiger partial charge in [-0.3, -0.25) is 4.79 Å². The van der Waals surface area contributed by atoms with Crippen molar-refractivity contribution in [3.05, 3.63) is 66.2 Å². The number of amides is 1. The number of carbonyl (C=O) groups is 1. The Morgan fingerprint density at radius 1 is 1.05 bits per heavy atom. The number of hydrazone groups is 1. The summed E-state index contributed by atoms with van der Waals surface area (Å²) >= 11 is 1.49. The predicted molar refractivity (Wildman–Crippen MR) is 84.0 cm³/mol. The lowest BCUT2D eigenvalue weighted by molar-refractivity contribution is -0.118. The third kappa shape index (κ3) is 4.55. The fourth-order valence-electron chi connectivity index (χ4n) is 1.59. The summed E-state index contributed by atoms with van der Waals surface area (Å²) in [6.45, 7) is 1.87. The maximum absolute atomic E-state index is 11.7. The Morgan fingerprint density at radius 2 is 1.65 bits per heavy atom. The van der Waals surface area contributed by atoms with Crippen molar-refractivity contribution in [3.63, 3.8) is 0 Å². The van der Waals surface area contributed by atoms with Gasteiger partial charge in [0.15, 0.2) is 0 Å². The molecule has 1 amide bonds. The van der Waals surface area contributed by atoms with Gasteiger partial charge in [0.1, 0.15) is 0 Å². The van der Waals surface area contributed by atoms with Crippen LogP contribution in [0.5, 0.6) is 0 Å². The molecular formula is C16H16N2OS. The van der Waals surface area contributed by atoms with E-state index < -0.39 is 0 Å². The van der Waals surface area contributed by atoms with Gasteiger partial charge in [0.25, 0.3) is 0 Å². The molecule has 0 aliphatic heterocycles. The van der Waals surface area contributed by atoms with Crippen molar-refractivity contribution in [2.45, 2.75) is 11.8 Å². The molecule has 0 unspecified atom stereocenters. The zero-order valence-corrected chi connectivity index (χ0v) is 12.1. The minimum atomic E-state index is -0.103. The first-order chi connectivity index (χ1) is 9.75. The van der Waals surface area contributed by atoms with Crippen molar-refractivity contribution in [2.75, 3.05) is 5.75 Å². The number of nitrogens with zero attached hydrogens (tertiary/aromatic N) is 1. The Labute approximate surface area is 123 Å². The molecule has 0 saturated carbocycles. The molecule has 0 aliphatic rings. The Hall–Kier alpha value is -2.07. The highest BCUT2D eigenvalue weighted by atomic mass is 32.2. The SMILES string of the molecule is C/C(=N\NC(=O)CSc1ccccc1)c1ccccc1. The van der Waals surface area contributed by atoms with Gasteiger partial charge in [-0.2, -0.15) is 5.10 Å². The van der Waals surface area contributed by atoms with E-state index in [1.807, 2.05) is 67.6 Å². The Morgan fingerprint density at radius 3 is 2.30 bits per heavy atom. The van der Waals surface area contributed by atoms with Gasteiger partial charge in [-0.25, -0.2) is 5.43 Å². The lowest BCUT2D eigenvalue weighted by atomic mass is 10.1. The van der Waals surface area contributed by atoms with Gasteiger partial charge in [0.2, 0.25) is 5.91 Å². The molecule has 102 valence electrons. The minimum absolute atomic E-state index is 0.103. The highest BCUT2D eigenvalue weighted by Gasteiger charge is 2.02. The van der Waals surface area contributed by atoms with Crippen LogP contribution < -0.4 is 5.43 Å². The van der Waals surface area contributed by atoms with Crippen molar-refractivity contribution in [1.29, 1.82) is 0 Å². The molecule has 0 aliphatic carbocycles. The smallest absolute Gasteiger partial charge is 0.250 e. The predicted octanol–water partition coefficient (Wildman–Crippen LogP) is 3.32. The number of hydrogen-bond acceptors (Lipinski definition) is 3. The molecule has 4 heteroatoms. The number of carbonyl (C=O) groups excluding carboxylic acids is 1. The zero-order valence-electron chi connectivity index (χ0n) is 11.2. The Balaban J connectivity index is 1.83. The zero-order chi connectivity index (χ0) is 14.2. The molecule has 1 N–H and O–H groups in total. The average molecular weight is 284 g/mol. The summed E-state index contributed by atoms with van der Waals surface area (Å²) < 4.78 is 0. The summed E-state index contributed by atoms with van der Waals surface area (Å²) in [5.41, 5.74) is 4.38. The molecule has 3 nitrogen and oxygen atoms in total. The first kappa shape index (κ1) is 14.3. The number of nitrogens with one attached hydrogen (secondary N) is 1. The van der Waals surface area contributed by atoms with Crippen LogP contribution in [0.4, 0.5) is 0 Å². The fourth-order valence-corrected chi connectivity index (χ4v) is 2.30. The molecule has 0 spiro atoms. The van der Waals surface area contributed by atoms with E-state index in [2.05, 4.69) is 10.5 Å². The second kappa shape index (κ2) is 7.50. The summed E-state index contributed by atoms with van der Waals surface area (Å²) in [6, 6.07) is 19.6. The molecule has 0 atom stereocenters. The second-order valence-electron chi connectivity index (χ2n) is 4.20. The van der Waals surface area contributed by atoms with Gasteiger partial charge in [0, 0.05) is 4.90 Å². The third-order valence-electron chi connectivity index (χ3n) is 2.65. The van der Waals surface area contributed by atoms with Crippen LogP contribution in [-0.2, 0) is 4.79 Å². The maximum atomic E-state index is 11.7. The van der Waals surface area contributed by atoms with Crippen molar-refractivity contribution in [3.8, 4) is 0 Å². The number of hydrogen-bond donors (Lipinski definition) is 1. The van der Waals surface area contributed by atoms with Crippen molar-refractivity contribution in [1.82, 2.24) is 5.43 Å². The molecular weight excluding hydrogens is 268 g/mol. The van der Waals surface area contributed by atoms with E-state index in [-0.39, 0.29) is 5.91 Å². The molecule has 0 bridgehead atoms. The molecule has 0 radical (unpaired) electrons. The number of rotatable bonds is 5. The number of thioether (sulfide) groups is 1. The van der Waals surface area contributed by atoms with E-state index in [1.54, 1.807) is 0 Å². The topological polar surface area (TPSA) is 41.5 Å². The van der Waals surface area contributed by atoms with Gasteiger partial charge in [-0.15, -0.1) is 11.8 Å². The van der Waals surface area contributed by atoms with Gasteiger partial charge in [0.05, 0.1) is 11.5 Å². The maximum Gasteiger partial charge on any atom is 0.250 e. The minimum Gasteiger partial charge on any atom is -0.272 e. The molecule has 0 fully saturated rings. The highest BCUT2D eigenvalue weighted by molar-refractivity contribution is 8.00. The normalized spacial score (nSPS) is 11.2. The van der Waals surface area contributed by atoms with E-state index >= 15 is 0 Å². The molecule has 2 rings (SSSR count). The van der Waals surface area contributed by atoms with E-state index in [0.29, 0.717) is 5.75 Å². The molecule has 2 aromatic carbocycles. The van der Waals surface area contributed by atoms with E-state index in [4.69, 9.17) is 0 Å². The van der Waals surface area contributed by atoms with Gasteiger partial charge < -0.3 is 0 Å². The summed E-state index contributed by atoms with van der Waals surface area (Å²) in [4.78, 5) is 12.8. The quantitative estimate of drug-likeness (QED) is 0.520. The Bertz CT molecular complexity index is 582. The summed E-state index contributed by atoms with van der Waals surface area (Å²) in [5.74, 6) is 0.254. The Kier molecular flexibility index (Phi) is 5.38. The molecule has 20 heavy (non-hydrogen) atoms. The molecule has 2 aromatic rings. The van der Waals surface area contributed by atoms with Crippen molar-refractivity contribution >= 4 is 23.4 Å². The summed E-state index contributed by atoms with van der Waals surface area (Å²) in [6.07, 6.45) is 0. The average Bonchev–Trinajstić information content (AvgIpc) is 2.52. The first-order valence-corrected chi connectivity index (χ1v) is 7.30. The lowest BCUT2D eigenvalue weighted by Gasteiger charge is -2.03. The summed E-state index contributed by atoms with van der Waals surface area (Å²) in [7, 11) is 0. The van der Waals surface area contributed by atoms with E-state index in [9.17, 15) is 4.79 Å². The van der Waals surface area contributed by atoms with Crippen LogP contribution in [0.25, 0.3) is 0 Å². The van der Waals surface area contributed by atoms with Crippen LogP contribution in [-0.4, -0.2) is 17.4 Å². The van der Waals surface area contributed by atoms with Crippen LogP contribution in [0, 0.1) is 0 Å². The highest BCUT2D eigenvalue weighted by Crippen LogP contribution is 2.16. The number of benzene rings is 2. The fraction of sp³-hybridized carbons (Fsp3) is 0.125. The van der Waals surface area contributed by atoms with Crippen LogP contribution in [0.1, 0.15) is 12.5 Å². The molecule has 0 heterocycles. The van der Waals surface area contributed by atoms with Crippen molar-refractivity contribution < 1.29 is 4.79 Å². The standard InChI is InChI=1S/C16H16N2OS/c1-13(14-8-4-2-5-9-14)17-18-16(19)12-20-15-10-6-3-7-11-15/h2-11H,12H2,1H3,(H,18,19)/b17-13+. The monoisotopic (exact) mass is 284 g/mol. The lowest BCUT2D eigenvalue weighted by Crippen LogP contribution is -2.21. The van der Waals surface area contributed by atoms with Crippen LogP contribution in [0.3, 0.4) is 0 Å². The first-order valence-electron chi connectivity index (χ1n) is 6.32. The molecule has 0 aromatic heterocycles. The van der Waals surface area contributed by atoms with Gasteiger partial charge >= 0.3 is 0 Å². The third-order valence-corrected chi connectivity index (χ3v) is 3.67. The van der Waals surface area contributed by atoms with E-state index in [0.717, 1.165) is 16.2 Å². The van der Waals surface area contributed by atoms with E-state index in [1.165, 1.54) is 11.8 Å². The molecule has 0 saturated heterocycles. The van der Waals surface area contributed by atoms with Gasteiger partial charge in [-0.05, 0) is 24.6 Å². The largest absolute Gasteiger partial charge is 0.272 e. The van der Waals surface area contributed by atoms with Crippen molar-refractivity contribution in [2.24, 2.45) is 5.10 Å². The van der Waals surface area contributed by atoms with Crippen LogP contribution >= 0.6 is 11.8 Å². The summed E-state index contributed by atoms with van der Waals surface area (Å²) in [5, 5.41) is 4.11. The van der Waals surface area contributed by atoms with Gasteiger partial charge in [-0.1, -0.05) is 48.5 Å². The van der Waals surface area contributed by atoms with Crippen LogP contribution in [0.2, 0.25) is 0 Å². The van der Waals surface area contributed by atoms with Crippen LogP contribution in [0.15, 0.2) is 70.7 Å². The second-order valence-corrected chi connectivity index (χ2v) is 5.25.